The van der Waals surface area contributed by atoms with Gasteiger partial charge < -0.3 is 0 Å². The molecule has 6 nitrogen and oxygen atoms in total. The van der Waals surface area contributed by atoms with Gasteiger partial charge in [-0.1, -0.05) is 6.07 Å². The van der Waals surface area contributed by atoms with E-state index in [0.717, 1.165) is 23.5 Å². The Labute approximate surface area is 153 Å². The van der Waals surface area contributed by atoms with E-state index in [9.17, 15) is 22.0 Å². The van der Waals surface area contributed by atoms with Crippen LogP contribution in [0.1, 0.15) is 34.8 Å². The number of aromatic nitrogens is 1. The first-order valence-corrected chi connectivity index (χ1v) is 10.2. The van der Waals surface area contributed by atoms with Gasteiger partial charge in [0.1, 0.15) is 17.2 Å². The van der Waals surface area contributed by atoms with E-state index < -0.39 is 38.4 Å². The van der Waals surface area contributed by atoms with E-state index in [4.69, 9.17) is 0 Å². The molecule has 1 amide bonds. The Morgan fingerprint density at radius 3 is 2.58 bits per heavy atom. The summed E-state index contributed by atoms with van der Waals surface area (Å²) in [5, 5.41) is 2.05. The van der Waals surface area contributed by atoms with Crippen LogP contribution in [0.25, 0.3) is 0 Å². The van der Waals surface area contributed by atoms with Crippen molar-refractivity contribution >= 4 is 32.4 Å². The lowest BCUT2D eigenvalue weighted by Gasteiger charge is -2.26. The molecule has 0 spiro atoms. The topological polar surface area (TPSA) is 79.4 Å². The maximum atomic E-state index is 13.7. The van der Waals surface area contributed by atoms with Crippen molar-refractivity contribution in [2.45, 2.75) is 32.1 Å². The van der Waals surface area contributed by atoms with Crippen molar-refractivity contribution in [1.82, 2.24) is 9.29 Å². The van der Waals surface area contributed by atoms with Gasteiger partial charge in [0.25, 0.3) is 5.91 Å². The summed E-state index contributed by atoms with van der Waals surface area (Å²) < 4.78 is 53.4. The van der Waals surface area contributed by atoms with Gasteiger partial charge in [-0.05, 0) is 26.0 Å². The molecule has 1 aliphatic heterocycles. The average Bonchev–Trinajstić information content (AvgIpc) is 2.95. The molecule has 26 heavy (non-hydrogen) atoms. The summed E-state index contributed by atoms with van der Waals surface area (Å²) in [6.45, 7) is 3.72. The van der Waals surface area contributed by atoms with Gasteiger partial charge in [0, 0.05) is 24.4 Å². The molecule has 2 heterocycles. The van der Waals surface area contributed by atoms with Gasteiger partial charge in [0.2, 0.25) is 10.0 Å². The molecule has 1 aliphatic rings. The lowest BCUT2D eigenvalue weighted by atomic mass is 10.2. The molecule has 1 aromatic heterocycles. The third kappa shape index (κ3) is 3.49. The summed E-state index contributed by atoms with van der Waals surface area (Å²) in [7, 11) is -3.38. The van der Waals surface area contributed by atoms with Crippen LogP contribution in [0.4, 0.5) is 13.9 Å². The molecule has 0 bridgehead atoms. The first-order chi connectivity index (χ1) is 12.2. The highest BCUT2D eigenvalue weighted by Crippen LogP contribution is 2.30. The Morgan fingerprint density at radius 1 is 1.31 bits per heavy atom. The number of benzene rings is 1. The summed E-state index contributed by atoms with van der Waals surface area (Å²) in [6.07, 6.45) is 0.418. The molecule has 0 aliphatic carbocycles. The minimum Gasteiger partial charge on any atom is -0.298 e. The summed E-state index contributed by atoms with van der Waals surface area (Å²) in [4.78, 5) is 17.1. The predicted octanol–water partition coefficient (Wildman–Crippen LogP) is 2.77. The van der Waals surface area contributed by atoms with Crippen LogP contribution in [0.5, 0.6) is 0 Å². The van der Waals surface area contributed by atoms with E-state index in [1.54, 1.807) is 13.8 Å². The smallest absolute Gasteiger partial charge is 0.263 e. The first-order valence-electron chi connectivity index (χ1n) is 7.93. The van der Waals surface area contributed by atoms with E-state index in [-0.39, 0.29) is 11.7 Å². The lowest BCUT2D eigenvalue weighted by molar-refractivity contribution is 0.101. The van der Waals surface area contributed by atoms with Crippen LogP contribution in [0.15, 0.2) is 18.2 Å². The Hall–Kier alpha value is -1.91. The molecule has 0 fully saturated rings. The van der Waals surface area contributed by atoms with Crippen LogP contribution >= 0.6 is 11.3 Å². The number of nitrogens with zero attached hydrogens (tertiary/aromatic N) is 2. The Balaban J connectivity index is 1.80. The van der Waals surface area contributed by atoms with Crippen molar-refractivity contribution < 1.29 is 22.0 Å². The van der Waals surface area contributed by atoms with Gasteiger partial charge in [-0.15, -0.1) is 11.3 Å². The molecule has 10 heteroatoms. The SMILES string of the molecule is CC(C)S(=O)(=O)N1CCc2nc(NC(=O)c3c(F)cccc3F)sc2C1. The van der Waals surface area contributed by atoms with Gasteiger partial charge in [-0.2, -0.15) is 4.31 Å². The number of halogens is 2. The zero-order valence-electron chi connectivity index (χ0n) is 14.1. The normalized spacial score (nSPS) is 15.1. The number of hydrogen-bond donors (Lipinski definition) is 1. The molecule has 0 atom stereocenters. The molecule has 2 aromatic rings. The zero-order valence-corrected chi connectivity index (χ0v) is 15.8. The number of fused-ring (bicyclic) bond motifs is 1. The Kier molecular flexibility index (Phi) is 5.09. The molecule has 0 radical (unpaired) electrons. The second-order valence-electron chi connectivity index (χ2n) is 6.12. The standard InChI is InChI=1S/C16H17F2N3O3S2/c1-9(2)26(23,24)21-7-6-12-13(8-21)25-16(19-12)20-15(22)14-10(17)4-3-5-11(14)18/h3-5,9H,6-8H2,1-2H3,(H,19,20,22). The minimum absolute atomic E-state index is 0.178. The predicted molar refractivity (Wildman–Crippen MR) is 94.6 cm³/mol. The number of carbonyl (C=O) groups excluding carboxylic acids is 1. The van der Waals surface area contributed by atoms with Crippen LogP contribution in [0.2, 0.25) is 0 Å². The third-order valence-corrected chi connectivity index (χ3v) is 7.28. The van der Waals surface area contributed by atoms with Crippen molar-refractivity contribution in [2.24, 2.45) is 0 Å². The number of hydrogen-bond acceptors (Lipinski definition) is 5. The van der Waals surface area contributed by atoms with Crippen LogP contribution in [0, 0.1) is 11.6 Å². The van der Waals surface area contributed by atoms with E-state index in [1.165, 1.54) is 10.4 Å². The largest absolute Gasteiger partial charge is 0.298 e. The minimum atomic E-state index is -3.38. The second kappa shape index (κ2) is 7.01. The maximum absolute atomic E-state index is 13.7. The van der Waals surface area contributed by atoms with Crippen LogP contribution < -0.4 is 5.32 Å². The van der Waals surface area contributed by atoms with Crippen molar-refractivity contribution in [3.8, 4) is 0 Å². The average molecular weight is 401 g/mol. The summed E-state index contributed by atoms with van der Waals surface area (Å²) in [6, 6.07) is 3.17. The molecular weight excluding hydrogens is 384 g/mol. The van der Waals surface area contributed by atoms with Crippen LogP contribution in [-0.2, 0) is 23.0 Å². The highest BCUT2D eigenvalue weighted by atomic mass is 32.2. The third-order valence-electron chi connectivity index (χ3n) is 4.06. The fraction of sp³-hybridized carbons (Fsp3) is 0.375. The number of rotatable bonds is 4. The highest BCUT2D eigenvalue weighted by Gasteiger charge is 2.31. The fourth-order valence-corrected chi connectivity index (χ4v) is 4.97. The second-order valence-corrected chi connectivity index (χ2v) is 9.69. The number of amides is 1. The van der Waals surface area contributed by atoms with Crippen molar-refractivity contribution in [1.29, 1.82) is 0 Å². The summed E-state index contributed by atoms with van der Waals surface area (Å²) in [5.41, 5.74) is 0.0131. The van der Waals surface area contributed by atoms with Gasteiger partial charge >= 0.3 is 0 Å². The molecule has 1 N–H and O–H groups in total. The van der Waals surface area contributed by atoms with E-state index in [2.05, 4.69) is 10.3 Å². The van der Waals surface area contributed by atoms with Crippen molar-refractivity contribution in [3.63, 3.8) is 0 Å². The number of anilines is 1. The highest BCUT2D eigenvalue weighted by molar-refractivity contribution is 7.89. The molecule has 1 aromatic carbocycles. The van der Waals surface area contributed by atoms with Gasteiger partial charge in [0.05, 0.1) is 10.9 Å². The number of sulfonamides is 1. The monoisotopic (exact) mass is 401 g/mol. The van der Waals surface area contributed by atoms with E-state index in [0.29, 0.717) is 23.5 Å². The molecular formula is C16H17F2N3O3S2. The van der Waals surface area contributed by atoms with Crippen LogP contribution in [0.3, 0.4) is 0 Å². The maximum Gasteiger partial charge on any atom is 0.263 e. The van der Waals surface area contributed by atoms with Gasteiger partial charge in [-0.3, -0.25) is 10.1 Å². The number of carbonyl (C=O) groups is 1. The van der Waals surface area contributed by atoms with Crippen molar-refractivity contribution in [3.05, 3.63) is 46.0 Å². The molecule has 0 saturated heterocycles. The Bertz CT molecular complexity index is 937. The first kappa shape index (κ1) is 18.9. The fourth-order valence-electron chi connectivity index (χ4n) is 2.62. The molecule has 0 saturated carbocycles. The molecule has 140 valence electrons. The summed E-state index contributed by atoms with van der Waals surface area (Å²) >= 11 is 1.11. The van der Waals surface area contributed by atoms with Crippen LogP contribution in [-0.4, -0.2) is 35.4 Å². The van der Waals surface area contributed by atoms with E-state index in [1.807, 2.05) is 0 Å². The van der Waals surface area contributed by atoms with Gasteiger partial charge in [0.15, 0.2) is 5.13 Å². The zero-order chi connectivity index (χ0) is 19.1. The number of thiazole rings is 1. The molecule has 3 rings (SSSR count). The van der Waals surface area contributed by atoms with Gasteiger partial charge in [-0.25, -0.2) is 22.2 Å². The lowest BCUT2D eigenvalue weighted by Crippen LogP contribution is -2.39. The molecule has 0 unspecified atom stereocenters. The Morgan fingerprint density at radius 2 is 1.96 bits per heavy atom. The summed E-state index contributed by atoms with van der Waals surface area (Å²) in [5.74, 6) is -2.85. The quantitative estimate of drug-likeness (QED) is 0.854. The number of nitrogens with one attached hydrogen (secondary N) is 1. The van der Waals surface area contributed by atoms with E-state index >= 15 is 0 Å². The van der Waals surface area contributed by atoms with Crippen molar-refractivity contribution in [2.75, 3.05) is 11.9 Å².